The third-order valence-electron chi connectivity index (χ3n) is 3.90. The van der Waals surface area contributed by atoms with Crippen molar-refractivity contribution in [1.82, 2.24) is 0 Å². The molecule has 1 atom stereocenters. The van der Waals surface area contributed by atoms with E-state index in [1.54, 1.807) is 0 Å². The Labute approximate surface area is 121 Å². The largest absolute Gasteiger partial charge is 0.299 e. The Hall–Kier alpha value is -1.46. The topological polar surface area (TPSA) is 17.1 Å². The Bertz CT molecular complexity index is 525. The predicted octanol–water partition coefficient (Wildman–Crippen LogP) is 3.63. The Morgan fingerprint density at radius 3 is 1.85 bits per heavy atom. The highest BCUT2D eigenvalue weighted by atomic mass is 31.1. The number of hydrogen-bond donors (Lipinski definition) is 0. The fourth-order valence-electron chi connectivity index (χ4n) is 2.92. The summed E-state index contributed by atoms with van der Waals surface area (Å²) in [5, 5.41) is 2.66. The molecule has 102 valence electrons. The highest BCUT2D eigenvalue weighted by molar-refractivity contribution is 7.74. The van der Waals surface area contributed by atoms with E-state index >= 15 is 0 Å². The van der Waals surface area contributed by atoms with Crippen molar-refractivity contribution >= 4 is 24.3 Å². The Morgan fingerprint density at radius 2 is 1.35 bits per heavy atom. The highest BCUT2D eigenvalue weighted by Gasteiger charge is 2.31. The van der Waals surface area contributed by atoms with Crippen LogP contribution in [0.4, 0.5) is 0 Å². The molecule has 0 N–H and O–H groups in total. The van der Waals surface area contributed by atoms with Gasteiger partial charge in [0, 0.05) is 12.1 Å². The summed E-state index contributed by atoms with van der Waals surface area (Å²) in [6.07, 6.45) is 4.08. The maximum Gasteiger partial charge on any atom is 0.140 e. The summed E-state index contributed by atoms with van der Waals surface area (Å²) >= 11 is 0. The van der Waals surface area contributed by atoms with Crippen molar-refractivity contribution in [3.05, 3.63) is 60.7 Å². The summed E-state index contributed by atoms with van der Waals surface area (Å²) in [6.45, 7) is 0. The van der Waals surface area contributed by atoms with Crippen molar-refractivity contribution in [2.45, 2.75) is 31.3 Å². The van der Waals surface area contributed by atoms with Crippen molar-refractivity contribution in [2.24, 2.45) is 0 Å². The number of rotatable bonds is 3. The molecule has 0 amide bonds. The molecule has 1 fully saturated rings. The molecule has 2 aromatic rings. The van der Waals surface area contributed by atoms with Crippen molar-refractivity contribution in [1.29, 1.82) is 0 Å². The minimum Gasteiger partial charge on any atom is -0.299 e. The van der Waals surface area contributed by atoms with Gasteiger partial charge < -0.3 is 0 Å². The third-order valence-corrected chi connectivity index (χ3v) is 6.78. The lowest BCUT2D eigenvalue weighted by Crippen LogP contribution is -2.30. The van der Waals surface area contributed by atoms with Gasteiger partial charge in [-0.15, -0.1) is 0 Å². The number of Topliss-reactive ketones (excluding diaryl/α,β-unsaturated/α-hetero) is 1. The fraction of sp³-hybridized carbons (Fsp3) is 0.278. The number of carbonyl (C=O) groups is 1. The van der Waals surface area contributed by atoms with Gasteiger partial charge in [0.1, 0.15) is 5.78 Å². The van der Waals surface area contributed by atoms with Gasteiger partial charge in [-0.1, -0.05) is 67.1 Å². The van der Waals surface area contributed by atoms with Gasteiger partial charge >= 0.3 is 0 Å². The van der Waals surface area contributed by atoms with Crippen LogP contribution in [-0.4, -0.2) is 11.4 Å². The molecule has 0 radical (unpaired) electrons. The number of carbonyl (C=O) groups excluding carboxylic acids is 1. The van der Waals surface area contributed by atoms with Crippen molar-refractivity contribution in [2.75, 3.05) is 0 Å². The van der Waals surface area contributed by atoms with Crippen LogP contribution in [-0.2, 0) is 4.79 Å². The molecule has 0 aromatic heterocycles. The van der Waals surface area contributed by atoms with Crippen LogP contribution in [0.25, 0.3) is 0 Å². The molecule has 0 aliphatic heterocycles. The first-order valence-corrected chi connectivity index (χ1v) is 8.69. The van der Waals surface area contributed by atoms with Gasteiger partial charge in [-0.05, 0) is 31.4 Å². The van der Waals surface area contributed by atoms with Gasteiger partial charge in [0.25, 0.3) is 0 Å². The molecule has 20 heavy (non-hydrogen) atoms. The van der Waals surface area contributed by atoms with E-state index in [9.17, 15) is 4.79 Å². The van der Waals surface area contributed by atoms with E-state index in [2.05, 4.69) is 48.5 Å². The predicted molar refractivity (Wildman–Crippen MR) is 86.3 cm³/mol. The number of hydrogen-bond acceptors (Lipinski definition) is 1. The van der Waals surface area contributed by atoms with Gasteiger partial charge in [0.05, 0.1) is 0 Å². The van der Waals surface area contributed by atoms with Crippen molar-refractivity contribution in [3.63, 3.8) is 0 Å². The van der Waals surface area contributed by atoms with E-state index < -0.39 is 7.92 Å². The molecule has 0 spiro atoms. The normalized spacial score (nSPS) is 19.2. The molecule has 0 saturated heterocycles. The van der Waals surface area contributed by atoms with Crippen LogP contribution >= 0.6 is 7.92 Å². The Balaban J connectivity index is 2.02. The highest BCUT2D eigenvalue weighted by Crippen LogP contribution is 2.44. The Kier molecular flexibility index (Phi) is 4.28. The monoisotopic (exact) mass is 282 g/mol. The zero-order valence-corrected chi connectivity index (χ0v) is 12.4. The molecule has 0 heterocycles. The summed E-state index contributed by atoms with van der Waals surface area (Å²) in [7, 11) is -0.558. The SMILES string of the molecule is O=C1CCCCC1P(c1ccccc1)c1ccccc1. The van der Waals surface area contributed by atoms with E-state index in [4.69, 9.17) is 0 Å². The maximum atomic E-state index is 12.4. The van der Waals surface area contributed by atoms with E-state index in [1.165, 1.54) is 17.0 Å². The van der Waals surface area contributed by atoms with E-state index in [1.807, 2.05) is 12.1 Å². The summed E-state index contributed by atoms with van der Waals surface area (Å²) in [5.74, 6) is 0.468. The average molecular weight is 282 g/mol. The molecule has 0 bridgehead atoms. The second-order valence-corrected chi connectivity index (χ2v) is 7.67. The van der Waals surface area contributed by atoms with Crippen LogP contribution in [0, 0.1) is 0 Å². The lowest BCUT2D eigenvalue weighted by atomic mass is 9.99. The van der Waals surface area contributed by atoms with Crippen molar-refractivity contribution in [3.8, 4) is 0 Å². The van der Waals surface area contributed by atoms with Crippen LogP contribution in [0.15, 0.2) is 60.7 Å². The summed E-state index contributed by atoms with van der Waals surface area (Å²) < 4.78 is 0. The van der Waals surface area contributed by atoms with Crippen LogP contribution in [0.5, 0.6) is 0 Å². The van der Waals surface area contributed by atoms with Gasteiger partial charge in [0.15, 0.2) is 0 Å². The first kappa shape index (κ1) is 13.5. The molecule has 2 aromatic carbocycles. The molecule has 1 nitrogen and oxygen atoms in total. The molecule has 1 unspecified atom stereocenters. The summed E-state index contributed by atoms with van der Waals surface area (Å²) in [6, 6.07) is 21.2. The van der Waals surface area contributed by atoms with E-state index in [0.29, 0.717) is 5.78 Å². The van der Waals surface area contributed by atoms with Gasteiger partial charge in [-0.3, -0.25) is 4.79 Å². The minimum absolute atomic E-state index is 0.212. The van der Waals surface area contributed by atoms with Crippen LogP contribution in [0.3, 0.4) is 0 Å². The molecule has 2 heteroatoms. The van der Waals surface area contributed by atoms with E-state index in [-0.39, 0.29) is 5.66 Å². The van der Waals surface area contributed by atoms with Crippen molar-refractivity contribution < 1.29 is 4.79 Å². The smallest absolute Gasteiger partial charge is 0.140 e. The Morgan fingerprint density at radius 1 is 0.800 bits per heavy atom. The lowest BCUT2D eigenvalue weighted by Gasteiger charge is -2.30. The minimum atomic E-state index is -0.558. The number of ketones is 1. The summed E-state index contributed by atoms with van der Waals surface area (Å²) in [4.78, 5) is 12.4. The third kappa shape index (κ3) is 2.83. The average Bonchev–Trinajstić information content (AvgIpc) is 2.52. The van der Waals surface area contributed by atoms with E-state index in [0.717, 1.165) is 19.3 Å². The molecular weight excluding hydrogens is 263 g/mol. The molecule has 1 aliphatic carbocycles. The van der Waals surface area contributed by atoms with Crippen LogP contribution < -0.4 is 10.6 Å². The fourth-order valence-corrected chi connectivity index (χ4v) is 5.79. The zero-order chi connectivity index (χ0) is 13.8. The molecular formula is C18H19OP. The first-order valence-electron chi connectivity index (χ1n) is 7.28. The van der Waals surface area contributed by atoms with Crippen LogP contribution in [0.2, 0.25) is 0 Å². The maximum absolute atomic E-state index is 12.4. The molecule has 1 aliphatic rings. The zero-order valence-electron chi connectivity index (χ0n) is 11.5. The lowest BCUT2D eigenvalue weighted by molar-refractivity contribution is -0.119. The molecule has 1 saturated carbocycles. The quantitative estimate of drug-likeness (QED) is 0.786. The van der Waals surface area contributed by atoms with Gasteiger partial charge in [-0.25, -0.2) is 0 Å². The molecule has 3 rings (SSSR count). The second kappa shape index (κ2) is 6.33. The number of benzene rings is 2. The second-order valence-electron chi connectivity index (χ2n) is 5.27. The van der Waals surface area contributed by atoms with Gasteiger partial charge in [-0.2, -0.15) is 0 Å². The summed E-state index contributed by atoms with van der Waals surface area (Å²) in [5.41, 5.74) is 0.212. The standard InChI is InChI=1S/C18H19OP/c19-17-13-7-8-14-18(17)20(15-9-3-1-4-10-15)16-11-5-2-6-12-16/h1-6,9-12,18H,7-8,13-14H2. The first-order chi connectivity index (χ1) is 9.86. The van der Waals surface area contributed by atoms with Crippen LogP contribution in [0.1, 0.15) is 25.7 Å². The van der Waals surface area contributed by atoms with Gasteiger partial charge in [0.2, 0.25) is 0 Å².